The van der Waals surface area contributed by atoms with E-state index in [-0.39, 0.29) is 48.9 Å². The number of nitrogens with one attached hydrogen (secondary N) is 4. The second kappa shape index (κ2) is 16.5. The van der Waals surface area contributed by atoms with Crippen molar-refractivity contribution >= 4 is 41.0 Å². The van der Waals surface area contributed by atoms with Gasteiger partial charge < -0.3 is 30.9 Å². The lowest BCUT2D eigenvalue weighted by Crippen LogP contribution is -2.51. The van der Waals surface area contributed by atoms with Gasteiger partial charge in [-0.25, -0.2) is 0 Å². The van der Waals surface area contributed by atoms with Crippen LogP contribution in [0.15, 0.2) is 0 Å². The molecule has 0 aromatic rings. The molecule has 0 saturated heterocycles. The maximum atomic E-state index is 12.6. The third-order valence-electron chi connectivity index (χ3n) is 4.98. The van der Waals surface area contributed by atoms with E-state index in [4.69, 9.17) is 0 Å². The van der Waals surface area contributed by atoms with Gasteiger partial charge in [0.2, 0.25) is 23.6 Å². The molecule has 11 nitrogen and oxygen atoms in total. The highest BCUT2D eigenvalue weighted by atomic mass is 16.2. The number of ketones is 3. The van der Waals surface area contributed by atoms with Gasteiger partial charge in [-0.1, -0.05) is 0 Å². The number of carbonyl (C=O) groups excluding carboxylic acids is 7. The molecular formula is C23H38N4O7. The van der Waals surface area contributed by atoms with Crippen LogP contribution in [0.3, 0.4) is 0 Å². The van der Waals surface area contributed by atoms with E-state index in [2.05, 4.69) is 21.3 Å². The van der Waals surface area contributed by atoms with Crippen LogP contribution in [-0.2, 0) is 33.6 Å². The van der Waals surface area contributed by atoms with Crippen LogP contribution < -0.4 is 21.3 Å². The van der Waals surface area contributed by atoms with E-state index < -0.39 is 35.8 Å². The number of rotatable bonds is 17. The van der Waals surface area contributed by atoms with E-state index in [0.29, 0.717) is 25.8 Å². The molecule has 0 heterocycles. The van der Waals surface area contributed by atoms with Crippen LogP contribution in [0.2, 0.25) is 0 Å². The Balaban J connectivity index is 4.68. The minimum Gasteiger partial charge on any atom is -0.354 e. The van der Waals surface area contributed by atoms with Crippen LogP contribution in [0.5, 0.6) is 0 Å². The molecule has 4 amide bonds. The lowest BCUT2D eigenvalue weighted by molar-refractivity contribution is -0.131. The van der Waals surface area contributed by atoms with Crippen molar-refractivity contribution in [2.24, 2.45) is 0 Å². The number of unbranched alkanes of at least 4 members (excludes halogenated alkanes) is 1. The monoisotopic (exact) mass is 482 g/mol. The zero-order valence-electron chi connectivity index (χ0n) is 20.7. The first kappa shape index (κ1) is 30.9. The van der Waals surface area contributed by atoms with Gasteiger partial charge in [-0.3, -0.25) is 24.0 Å². The molecule has 0 spiro atoms. The molecule has 11 heteroatoms. The molecule has 0 rings (SSSR count). The van der Waals surface area contributed by atoms with Gasteiger partial charge in [0.15, 0.2) is 5.78 Å². The molecule has 4 N–H and O–H groups in total. The van der Waals surface area contributed by atoms with E-state index in [1.807, 2.05) is 0 Å². The molecule has 0 aliphatic carbocycles. The van der Waals surface area contributed by atoms with Crippen LogP contribution in [0, 0.1) is 0 Å². The third-order valence-corrected chi connectivity index (χ3v) is 4.98. The van der Waals surface area contributed by atoms with Crippen LogP contribution in [0.25, 0.3) is 0 Å². The van der Waals surface area contributed by atoms with Crippen molar-refractivity contribution in [2.45, 2.75) is 97.7 Å². The van der Waals surface area contributed by atoms with Crippen molar-refractivity contribution in [3.05, 3.63) is 0 Å². The van der Waals surface area contributed by atoms with Crippen molar-refractivity contribution in [1.29, 1.82) is 0 Å². The van der Waals surface area contributed by atoms with Crippen LogP contribution in [-0.4, -0.2) is 65.6 Å². The maximum Gasteiger partial charge on any atom is 0.243 e. The molecule has 0 aromatic carbocycles. The first-order valence-corrected chi connectivity index (χ1v) is 11.4. The van der Waals surface area contributed by atoms with E-state index in [9.17, 15) is 33.6 Å². The standard InChI is InChI=1S/C23H38N4O7/c1-14(28)9-11-20(25-17(4)31)22(33)24-13-7-6-8-19(16(3)30)27-23(34)21(26-18(5)32)12-10-15(2)29/h19-21H,6-13H2,1-5H3,(H,24,33)(H,25,31)(H,26,32)(H,27,34). The molecule has 0 aliphatic heterocycles. The summed E-state index contributed by atoms with van der Waals surface area (Å²) in [6.45, 7) is 7.00. The fourth-order valence-corrected chi connectivity index (χ4v) is 3.18. The van der Waals surface area contributed by atoms with Gasteiger partial charge in [-0.15, -0.1) is 0 Å². The zero-order chi connectivity index (χ0) is 26.3. The summed E-state index contributed by atoms with van der Waals surface area (Å²) >= 11 is 0. The smallest absolute Gasteiger partial charge is 0.243 e. The number of hydrogen-bond acceptors (Lipinski definition) is 7. The molecule has 0 fully saturated rings. The molecule has 3 unspecified atom stereocenters. The van der Waals surface area contributed by atoms with Crippen LogP contribution in [0.4, 0.5) is 0 Å². The number of hydrogen-bond donors (Lipinski definition) is 4. The molecule has 3 atom stereocenters. The van der Waals surface area contributed by atoms with E-state index in [1.165, 1.54) is 34.6 Å². The first-order chi connectivity index (χ1) is 15.8. The Morgan fingerprint density at radius 1 is 0.559 bits per heavy atom. The minimum absolute atomic E-state index is 0.0810. The molecular weight excluding hydrogens is 444 g/mol. The Labute approximate surface area is 200 Å². The highest BCUT2D eigenvalue weighted by molar-refractivity contribution is 5.92. The Kier molecular flexibility index (Phi) is 15.0. The normalized spacial score (nSPS) is 13.1. The quantitative estimate of drug-likeness (QED) is 0.213. The Morgan fingerprint density at radius 2 is 1.03 bits per heavy atom. The van der Waals surface area contributed by atoms with Gasteiger partial charge in [-0.05, 0) is 52.9 Å². The summed E-state index contributed by atoms with van der Waals surface area (Å²) in [5, 5.41) is 10.4. The number of carbonyl (C=O) groups is 7. The van der Waals surface area contributed by atoms with Crippen LogP contribution >= 0.6 is 0 Å². The summed E-state index contributed by atoms with van der Waals surface area (Å²) in [5.41, 5.74) is 0. The van der Waals surface area contributed by atoms with Gasteiger partial charge in [0.05, 0.1) is 6.04 Å². The Morgan fingerprint density at radius 3 is 1.44 bits per heavy atom. The average molecular weight is 483 g/mol. The fraction of sp³-hybridized carbons (Fsp3) is 0.696. The van der Waals surface area contributed by atoms with Gasteiger partial charge in [-0.2, -0.15) is 0 Å². The van der Waals surface area contributed by atoms with Crippen molar-refractivity contribution in [1.82, 2.24) is 21.3 Å². The Bertz CT molecular complexity index is 766. The molecule has 0 aliphatic rings. The molecule has 0 aromatic heterocycles. The highest BCUT2D eigenvalue weighted by Gasteiger charge is 2.24. The van der Waals surface area contributed by atoms with Gasteiger partial charge in [0, 0.05) is 33.2 Å². The van der Waals surface area contributed by atoms with Gasteiger partial charge in [0.1, 0.15) is 23.7 Å². The maximum absolute atomic E-state index is 12.6. The van der Waals surface area contributed by atoms with Gasteiger partial charge >= 0.3 is 0 Å². The second-order valence-corrected chi connectivity index (χ2v) is 8.45. The van der Waals surface area contributed by atoms with Crippen LogP contribution in [0.1, 0.15) is 79.6 Å². The van der Waals surface area contributed by atoms with E-state index in [1.54, 1.807) is 0 Å². The molecule has 0 radical (unpaired) electrons. The second-order valence-electron chi connectivity index (χ2n) is 8.45. The van der Waals surface area contributed by atoms with Crippen molar-refractivity contribution in [3.8, 4) is 0 Å². The van der Waals surface area contributed by atoms with Gasteiger partial charge in [0.25, 0.3) is 0 Å². The summed E-state index contributed by atoms with van der Waals surface area (Å²) < 4.78 is 0. The predicted octanol–water partition coefficient (Wildman–Crippen LogP) is 0.0945. The molecule has 192 valence electrons. The lowest BCUT2D eigenvalue weighted by atomic mass is 10.0. The summed E-state index contributed by atoms with van der Waals surface area (Å²) in [7, 11) is 0. The average Bonchev–Trinajstić information content (AvgIpc) is 2.71. The first-order valence-electron chi connectivity index (χ1n) is 11.4. The summed E-state index contributed by atoms with van der Waals surface area (Å²) in [5.74, 6) is -2.16. The minimum atomic E-state index is -0.914. The van der Waals surface area contributed by atoms with E-state index in [0.717, 1.165) is 0 Å². The van der Waals surface area contributed by atoms with Crippen molar-refractivity contribution in [3.63, 3.8) is 0 Å². The topological polar surface area (TPSA) is 168 Å². The SMILES string of the molecule is CC(=O)CCC(NC(C)=O)C(=O)NCCCCC(NC(=O)C(CCC(C)=O)NC(C)=O)C(C)=O. The summed E-state index contributed by atoms with van der Waals surface area (Å²) in [4.78, 5) is 81.9. The summed E-state index contributed by atoms with van der Waals surface area (Å²) in [6.07, 6.45) is 2.00. The Hall–Kier alpha value is -3.11. The lowest BCUT2D eigenvalue weighted by Gasteiger charge is -2.22. The predicted molar refractivity (Wildman–Crippen MR) is 125 cm³/mol. The number of amides is 4. The van der Waals surface area contributed by atoms with Crippen molar-refractivity contribution < 1.29 is 33.6 Å². The molecule has 0 saturated carbocycles. The van der Waals surface area contributed by atoms with Crippen molar-refractivity contribution in [2.75, 3.05) is 6.54 Å². The van der Waals surface area contributed by atoms with E-state index >= 15 is 0 Å². The number of Topliss-reactive ketones (excluding diaryl/α,β-unsaturated/α-hetero) is 3. The molecule has 0 bridgehead atoms. The highest BCUT2D eigenvalue weighted by Crippen LogP contribution is 2.06. The zero-order valence-corrected chi connectivity index (χ0v) is 20.7. The fourth-order valence-electron chi connectivity index (χ4n) is 3.18. The molecule has 34 heavy (non-hydrogen) atoms. The largest absolute Gasteiger partial charge is 0.354 e. The third kappa shape index (κ3) is 14.9. The summed E-state index contributed by atoms with van der Waals surface area (Å²) in [6, 6.07) is -2.48.